The summed E-state index contributed by atoms with van der Waals surface area (Å²) < 4.78 is 0. The third-order valence-electron chi connectivity index (χ3n) is 3.54. The van der Waals surface area contributed by atoms with Gasteiger partial charge in [-0.05, 0) is 12.8 Å². The van der Waals surface area contributed by atoms with Crippen molar-refractivity contribution in [2.24, 2.45) is 0 Å². The molecule has 0 aliphatic heterocycles. The third-order valence-corrected chi connectivity index (χ3v) is 3.54. The highest BCUT2D eigenvalue weighted by atomic mass is 13.9. The van der Waals surface area contributed by atoms with Gasteiger partial charge in [-0.25, -0.2) is 0 Å². The van der Waals surface area contributed by atoms with Crippen LogP contribution >= 0.6 is 0 Å². The molecule has 0 aromatic carbocycles. The first kappa shape index (κ1) is 20.7. The molecule has 0 aliphatic rings. The standard InChI is InChI=1S/C22H34/c1-3-5-7-9-11-13-15-17-19-21-22-20-18-16-14-12-10-8-6-4-2/h3-14,19-20H2,1-2H3. The first-order valence-electron chi connectivity index (χ1n) is 9.29. The summed E-state index contributed by atoms with van der Waals surface area (Å²) in [5.74, 6) is 18.9. The Balaban J connectivity index is 3.39. The molecule has 0 fully saturated rings. The molecule has 0 nitrogen and oxygen atoms in total. The average molecular weight is 299 g/mol. The number of unbranched alkanes of at least 4 members (excludes halogenated alkanes) is 10. The van der Waals surface area contributed by atoms with Crippen LogP contribution in [0, 0.1) is 35.5 Å². The van der Waals surface area contributed by atoms with Crippen LogP contribution in [-0.4, -0.2) is 0 Å². The average Bonchev–Trinajstić information content (AvgIpc) is 2.54. The highest BCUT2D eigenvalue weighted by Crippen LogP contribution is 2.04. The molecular formula is C22H34. The molecule has 122 valence electrons. The summed E-state index contributed by atoms with van der Waals surface area (Å²) in [6, 6.07) is 0. The smallest absolute Gasteiger partial charge is 0.0702 e. The lowest BCUT2D eigenvalue weighted by atomic mass is 10.1. The van der Waals surface area contributed by atoms with E-state index in [0.29, 0.717) is 12.8 Å². The lowest BCUT2D eigenvalue weighted by molar-refractivity contribution is 0.641. The van der Waals surface area contributed by atoms with Gasteiger partial charge < -0.3 is 0 Å². The van der Waals surface area contributed by atoms with Gasteiger partial charge in [0.1, 0.15) is 0 Å². The molecule has 0 aromatic rings. The van der Waals surface area contributed by atoms with Crippen molar-refractivity contribution < 1.29 is 0 Å². The van der Waals surface area contributed by atoms with Crippen LogP contribution in [0.4, 0.5) is 0 Å². The molecule has 22 heavy (non-hydrogen) atoms. The molecular weight excluding hydrogens is 264 g/mol. The van der Waals surface area contributed by atoms with Gasteiger partial charge in [-0.15, -0.1) is 11.8 Å². The minimum absolute atomic E-state index is 0.702. The van der Waals surface area contributed by atoms with Crippen LogP contribution in [0.1, 0.15) is 104 Å². The summed E-state index contributed by atoms with van der Waals surface area (Å²) in [5, 5.41) is 0. The van der Waals surface area contributed by atoms with E-state index >= 15 is 0 Å². The topological polar surface area (TPSA) is 0 Å². The second-order valence-corrected chi connectivity index (χ2v) is 5.74. The number of hydrogen-bond donors (Lipinski definition) is 0. The fourth-order valence-electron chi connectivity index (χ4n) is 2.15. The summed E-state index contributed by atoms with van der Waals surface area (Å²) in [4.78, 5) is 0. The van der Waals surface area contributed by atoms with Crippen LogP contribution in [-0.2, 0) is 0 Å². The maximum Gasteiger partial charge on any atom is 0.0702 e. The zero-order valence-electron chi connectivity index (χ0n) is 14.9. The van der Waals surface area contributed by atoms with Crippen molar-refractivity contribution in [1.29, 1.82) is 0 Å². The van der Waals surface area contributed by atoms with E-state index in [1.54, 1.807) is 0 Å². The Bertz CT molecular complexity index is 359. The molecule has 0 unspecified atom stereocenters. The molecule has 0 amide bonds. The van der Waals surface area contributed by atoms with E-state index in [1.165, 1.54) is 64.2 Å². The van der Waals surface area contributed by atoms with Gasteiger partial charge in [0.05, 0.1) is 12.8 Å². The second-order valence-electron chi connectivity index (χ2n) is 5.74. The number of hydrogen-bond acceptors (Lipinski definition) is 0. The molecule has 0 atom stereocenters. The molecule has 0 bridgehead atoms. The molecule has 0 saturated heterocycles. The molecule has 0 heteroatoms. The third kappa shape index (κ3) is 18.7. The first-order chi connectivity index (χ1) is 10.9. The van der Waals surface area contributed by atoms with Crippen molar-refractivity contribution in [1.82, 2.24) is 0 Å². The summed E-state index contributed by atoms with van der Waals surface area (Å²) in [6.07, 6.45) is 16.6. The fraction of sp³-hybridized carbons (Fsp3) is 0.727. The maximum absolute atomic E-state index is 3.21. The Hall–Kier alpha value is -1.32. The first-order valence-corrected chi connectivity index (χ1v) is 9.29. The van der Waals surface area contributed by atoms with E-state index in [9.17, 15) is 0 Å². The van der Waals surface area contributed by atoms with Crippen molar-refractivity contribution >= 4 is 0 Å². The zero-order chi connectivity index (χ0) is 16.1. The molecule has 0 aromatic heterocycles. The van der Waals surface area contributed by atoms with E-state index in [4.69, 9.17) is 0 Å². The molecule has 0 radical (unpaired) electrons. The molecule has 0 N–H and O–H groups in total. The summed E-state index contributed by atoms with van der Waals surface area (Å²) in [7, 11) is 0. The monoisotopic (exact) mass is 298 g/mol. The predicted molar refractivity (Wildman–Crippen MR) is 99.3 cm³/mol. The fourth-order valence-corrected chi connectivity index (χ4v) is 2.15. The van der Waals surface area contributed by atoms with Crippen LogP contribution < -0.4 is 0 Å². The minimum Gasteiger partial charge on any atom is -0.102 e. The van der Waals surface area contributed by atoms with Crippen molar-refractivity contribution in [3.63, 3.8) is 0 Å². The van der Waals surface area contributed by atoms with Gasteiger partial charge in [0, 0.05) is 12.8 Å². The van der Waals surface area contributed by atoms with E-state index in [-0.39, 0.29) is 0 Å². The van der Waals surface area contributed by atoms with Crippen LogP contribution in [0.2, 0.25) is 0 Å². The lowest BCUT2D eigenvalue weighted by Gasteiger charge is -1.94. The molecule has 0 aliphatic carbocycles. The van der Waals surface area contributed by atoms with Gasteiger partial charge in [-0.2, -0.15) is 0 Å². The SMILES string of the molecule is CCCCCCCC#CCC#CCC#CCCCCCCC. The Kier molecular flexibility index (Phi) is 18.5. The van der Waals surface area contributed by atoms with Gasteiger partial charge in [-0.3, -0.25) is 0 Å². The highest BCUT2D eigenvalue weighted by molar-refractivity contribution is 5.16. The van der Waals surface area contributed by atoms with Crippen LogP contribution in [0.25, 0.3) is 0 Å². The van der Waals surface area contributed by atoms with Crippen molar-refractivity contribution in [2.45, 2.75) is 104 Å². The quantitative estimate of drug-likeness (QED) is 0.319. The molecule has 0 rings (SSSR count). The highest BCUT2D eigenvalue weighted by Gasteiger charge is 1.86. The van der Waals surface area contributed by atoms with Gasteiger partial charge >= 0.3 is 0 Å². The summed E-state index contributed by atoms with van der Waals surface area (Å²) in [5.41, 5.74) is 0. The molecule has 0 saturated carbocycles. The summed E-state index contributed by atoms with van der Waals surface area (Å²) >= 11 is 0. The molecule has 0 spiro atoms. The minimum atomic E-state index is 0.702. The normalized spacial score (nSPS) is 9.00. The van der Waals surface area contributed by atoms with Crippen LogP contribution in [0.3, 0.4) is 0 Å². The zero-order valence-corrected chi connectivity index (χ0v) is 14.9. The Morgan fingerprint density at radius 1 is 0.409 bits per heavy atom. The number of rotatable bonds is 10. The Morgan fingerprint density at radius 3 is 1.18 bits per heavy atom. The summed E-state index contributed by atoms with van der Waals surface area (Å²) in [6.45, 7) is 4.49. The van der Waals surface area contributed by atoms with E-state index in [0.717, 1.165) is 12.8 Å². The van der Waals surface area contributed by atoms with Gasteiger partial charge in [-0.1, -0.05) is 88.9 Å². The Labute approximate surface area is 139 Å². The Morgan fingerprint density at radius 2 is 0.773 bits per heavy atom. The van der Waals surface area contributed by atoms with Crippen molar-refractivity contribution in [3.05, 3.63) is 0 Å². The lowest BCUT2D eigenvalue weighted by Crippen LogP contribution is -1.76. The molecule has 0 heterocycles. The van der Waals surface area contributed by atoms with Crippen LogP contribution in [0.15, 0.2) is 0 Å². The van der Waals surface area contributed by atoms with Gasteiger partial charge in [0.2, 0.25) is 0 Å². The predicted octanol–water partition coefficient (Wildman–Crippen LogP) is 6.50. The van der Waals surface area contributed by atoms with Crippen molar-refractivity contribution in [2.75, 3.05) is 0 Å². The van der Waals surface area contributed by atoms with Gasteiger partial charge in [0.25, 0.3) is 0 Å². The van der Waals surface area contributed by atoms with Gasteiger partial charge in [0.15, 0.2) is 0 Å². The maximum atomic E-state index is 3.21. The largest absolute Gasteiger partial charge is 0.102 e. The van der Waals surface area contributed by atoms with E-state index in [1.807, 2.05) is 0 Å². The van der Waals surface area contributed by atoms with Crippen molar-refractivity contribution in [3.8, 4) is 35.5 Å². The van der Waals surface area contributed by atoms with E-state index < -0.39 is 0 Å². The van der Waals surface area contributed by atoms with Crippen LogP contribution in [0.5, 0.6) is 0 Å². The second kappa shape index (κ2) is 19.7. The van der Waals surface area contributed by atoms with E-state index in [2.05, 4.69) is 49.4 Å².